The summed E-state index contributed by atoms with van der Waals surface area (Å²) >= 11 is 0. The zero-order valence-electron chi connectivity index (χ0n) is 18.7. The Morgan fingerprint density at radius 2 is 0.966 bits per heavy atom. The molecule has 0 aliphatic carbocycles. The number of benzene rings is 3. The molecule has 0 radical (unpaired) electrons. The van der Waals surface area contributed by atoms with Gasteiger partial charge in [-0.3, -0.25) is 0 Å². The first-order chi connectivity index (χ1) is 14.1. The fourth-order valence-electron chi connectivity index (χ4n) is 3.70. The van der Waals surface area contributed by atoms with Gasteiger partial charge in [0.2, 0.25) is 0 Å². The lowest BCUT2D eigenvalue weighted by Crippen LogP contribution is -2.14. The van der Waals surface area contributed by atoms with Crippen LogP contribution in [0.4, 0.5) is 17.1 Å². The number of anilines is 3. The second-order valence-corrected chi connectivity index (χ2v) is 9.68. The minimum Gasteiger partial charge on any atom is -0.311 e. The standard InChI is InChI=1S/C27H35NSi/c1-6-20(3)22-8-12-24(13-9-22)28(26-16-18-27(29-5)19-17-26)25-14-10-23(11-15-25)21(4)7-2/h8-21H,6-7,29H2,1-5H3. The minimum absolute atomic E-state index is 0.128. The van der Waals surface area contributed by atoms with Crippen molar-refractivity contribution in [1.29, 1.82) is 0 Å². The molecule has 2 heteroatoms. The van der Waals surface area contributed by atoms with Gasteiger partial charge in [0, 0.05) is 17.1 Å². The number of hydrogen-bond acceptors (Lipinski definition) is 1. The van der Waals surface area contributed by atoms with E-state index in [2.05, 4.69) is 112 Å². The van der Waals surface area contributed by atoms with Crippen LogP contribution in [0.25, 0.3) is 0 Å². The molecule has 0 N–H and O–H groups in total. The highest BCUT2D eigenvalue weighted by Gasteiger charge is 2.14. The summed E-state index contributed by atoms with van der Waals surface area (Å²) < 4.78 is 0. The summed E-state index contributed by atoms with van der Waals surface area (Å²) in [5, 5.41) is 1.51. The van der Waals surface area contributed by atoms with Crippen molar-refractivity contribution in [2.75, 3.05) is 4.90 Å². The van der Waals surface area contributed by atoms with Crippen LogP contribution < -0.4 is 10.1 Å². The second-order valence-electron chi connectivity index (χ2n) is 8.16. The van der Waals surface area contributed by atoms with Crippen LogP contribution in [0.2, 0.25) is 6.55 Å². The highest BCUT2D eigenvalue weighted by Crippen LogP contribution is 2.35. The summed E-state index contributed by atoms with van der Waals surface area (Å²) in [6, 6.07) is 27.4. The highest BCUT2D eigenvalue weighted by atomic mass is 28.2. The molecule has 152 valence electrons. The Labute approximate surface area is 179 Å². The van der Waals surface area contributed by atoms with Crippen molar-refractivity contribution in [1.82, 2.24) is 0 Å². The molecule has 0 saturated heterocycles. The second kappa shape index (κ2) is 9.93. The number of rotatable bonds is 8. The average molecular weight is 402 g/mol. The monoisotopic (exact) mass is 401 g/mol. The highest BCUT2D eigenvalue weighted by molar-refractivity contribution is 6.51. The Hall–Kier alpha value is -2.32. The van der Waals surface area contributed by atoms with Gasteiger partial charge in [0.1, 0.15) is 0 Å². The molecule has 3 rings (SSSR count). The van der Waals surface area contributed by atoms with E-state index in [0.29, 0.717) is 11.8 Å². The molecule has 0 bridgehead atoms. The quantitative estimate of drug-likeness (QED) is 0.366. The van der Waals surface area contributed by atoms with E-state index in [9.17, 15) is 0 Å². The lowest BCUT2D eigenvalue weighted by molar-refractivity contribution is 0.733. The third-order valence-corrected chi connectivity index (χ3v) is 7.56. The van der Waals surface area contributed by atoms with Crippen molar-refractivity contribution in [2.24, 2.45) is 0 Å². The fourth-order valence-corrected chi connectivity index (χ4v) is 4.41. The zero-order valence-corrected chi connectivity index (χ0v) is 20.1. The average Bonchev–Trinajstić information content (AvgIpc) is 2.79. The van der Waals surface area contributed by atoms with E-state index >= 15 is 0 Å². The Balaban J connectivity index is 2.01. The molecule has 1 nitrogen and oxygen atoms in total. The first-order valence-electron chi connectivity index (χ1n) is 11.2. The minimum atomic E-state index is -0.128. The lowest BCUT2D eigenvalue weighted by Gasteiger charge is -2.26. The molecule has 2 unspecified atom stereocenters. The van der Waals surface area contributed by atoms with Crippen LogP contribution in [0.3, 0.4) is 0 Å². The summed E-state index contributed by atoms with van der Waals surface area (Å²) in [7, 11) is -0.128. The van der Waals surface area contributed by atoms with E-state index < -0.39 is 0 Å². The largest absolute Gasteiger partial charge is 0.311 e. The molecular weight excluding hydrogens is 366 g/mol. The Morgan fingerprint density at radius 3 is 1.28 bits per heavy atom. The first kappa shape index (κ1) is 21.4. The van der Waals surface area contributed by atoms with Gasteiger partial charge in [-0.05, 0) is 72.2 Å². The zero-order chi connectivity index (χ0) is 20.8. The molecule has 2 atom stereocenters. The Bertz CT molecular complexity index is 828. The topological polar surface area (TPSA) is 3.24 Å². The van der Waals surface area contributed by atoms with Gasteiger partial charge >= 0.3 is 0 Å². The van der Waals surface area contributed by atoms with Crippen molar-refractivity contribution in [3.05, 3.63) is 83.9 Å². The van der Waals surface area contributed by atoms with Crippen molar-refractivity contribution >= 4 is 31.8 Å². The molecule has 0 aromatic heterocycles. The Kier molecular flexibility index (Phi) is 7.32. The van der Waals surface area contributed by atoms with E-state index in [-0.39, 0.29) is 9.52 Å². The van der Waals surface area contributed by atoms with Crippen molar-refractivity contribution in [2.45, 2.75) is 58.9 Å². The van der Waals surface area contributed by atoms with Crippen LogP contribution in [0, 0.1) is 0 Å². The maximum atomic E-state index is 2.38. The first-order valence-corrected chi connectivity index (χ1v) is 13.3. The van der Waals surface area contributed by atoms with Gasteiger partial charge in [-0.1, -0.05) is 75.8 Å². The third-order valence-electron chi connectivity index (χ3n) is 6.27. The summed E-state index contributed by atoms with van der Waals surface area (Å²) in [6.07, 6.45) is 2.34. The van der Waals surface area contributed by atoms with Gasteiger partial charge in [0.25, 0.3) is 0 Å². The van der Waals surface area contributed by atoms with Crippen LogP contribution in [-0.2, 0) is 0 Å². The Morgan fingerprint density at radius 1 is 0.621 bits per heavy atom. The third kappa shape index (κ3) is 5.00. The van der Waals surface area contributed by atoms with Gasteiger partial charge in [0.05, 0.1) is 9.52 Å². The van der Waals surface area contributed by atoms with Crippen molar-refractivity contribution in [3.63, 3.8) is 0 Å². The van der Waals surface area contributed by atoms with E-state index in [4.69, 9.17) is 0 Å². The van der Waals surface area contributed by atoms with Gasteiger partial charge in [0.15, 0.2) is 0 Å². The van der Waals surface area contributed by atoms with Crippen molar-refractivity contribution in [3.8, 4) is 0 Å². The van der Waals surface area contributed by atoms with E-state index in [1.54, 1.807) is 0 Å². The summed E-state index contributed by atoms with van der Waals surface area (Å²) in [5.41, 5.74) is 6.49. The van der Waals surface area contributed by atoms with E-state index in [1.807, 2.05) is 0 Å². The van der Waals surface area contributed by atoms with Crippen LogP contribution in [0.1, 0.15) is 63.5 Å². The maximum Gasteiger partial charge on any atom is 0.0517 e. The van der Waals surface area contributed by atoms with Crippen LogP contribution in [0.15, 0.2) is 72.8 Å². The molecule has 0 heterocycles. The maximum absolute atomic E-state index is 2.38. The molecule has 0 aliphatic rings. The molecule has 0 spiro atoms. The van der Waals surface area contributed by atoms with Crippen LogP contribution >= 0.6 is 0 Å². The molecule has 3 aromatic rings. The molecule has 3 aromatic carbocycles. The van der Waals surface area contributed by atoms with Gasteiger partial charge in [-0.2, -0.15) is 0 Å². The van der Waals surface area contributed by atoms with Gasteiger partial charge in [-0.15, -0.1) is 0 Å². The van der Waals surface area contributed by atoms with Gasteiger partial charge in [-0.25, -0.2) is 0 Å². The summed E-state index contributed by atoms with van der Waals surface area (Å²) in [6.45, 7) is 11.4. The van der Waals surface area contributed by atoms with Crippen molar-refractivity contribution < 1.29 is 0 Å². The molecule has 0 fully saturated rings. The van der Waals surface area contributed by atoms with Gasteiger partial charge < -0.3 is 4.90 Å². The number of nitrogens with zero attached hydrogens (tertiary/aromatic N) is 1. The summed E-state index contributed by atoms with van der Waals surface area (Å²) in [4.78, 5) is 2.38. The van der Waals surface area contributed by atoms with E-state index in [1.165, 1.54) is 46.2 Å². The summed E-state index contributed by atoms with van der Waals surface area (Å²) in [5.74, 6) is 1.20. The number of hydrogen-bond donors (Lipinski definition) is 0. The van der Waals surface area contributed by atoms with Crippen LogP contribution in [0.5, 0.6) is 0 Å². The molecule has 0 saturated carbocycles. The lowest BCUT2D eigenvalue weighted by atomic mass is 9.97. The SMILES string of the molecule is CCC(C)c1ccc(N(c2ccc([SiH2]C)cc2)c2ccc(C(C)CC)cc2)cc1. The predicted molar refractivity (Wildman–Crippen MR) is 133 cm³/mol. The molecule has 0 aliphatic heterocycles. The predicted octanol–water partition coefficient (Wildman–Crippen LogP) is 7.03. The molecular formula is C27H35NSi. The fraction of sp³-hybridized carbons (Fsp3) is 0.333. The molecule has 29 heavy (non-hydrogen) atoms. The van der Waals surface area contributed by atoms with Crippen LogP contribution in [-0.4, -0.2) is 9.52 Å². The van der Waals surface area contributed by atoms with E-state index in [0.717, 1.165) is 0 Å². The normalized spacial score (nSPS) is 13.6. The smallest absolute Gasteiger partial charge is 0.0517 e. The molecule has 0 amide bonds.